The van der Waals surface area contributed by atoms with Gasteiger partial charge in [-0.15, -0.1) is 0 Å². The average Bonchev–Trinajstić information content (AvgIpc) is 2.40. The maximum Gasteiger partial charge on any atom is 0.312 e. The highest BCUT2D eigenvalue weighted by Crippen LogP contribution is 2.19. The van der Waals surface area contributed by atoms with Crippen molar-refractivity contribution in [3.8, 4) is 0 Å². The fourth-order valence-electron chi connectivity index (χ4n) is 2.02. The van der Waals surface area contributed by atoms with Gasteiger partial charge in [0.1, 0.15) is 0 Å². The molecule has 106 valence electrons. The van der Waals surface area contributed by atoms with Gasteiger partial charge in [-0.25, -0.2) is 0 Å². The van der Waals surface area contributed by atoms with Gasteiger partial charge in [-0.05, 0) is 25.3 Å². The maximum absolute atomic E-state index is 11.4. The SMILES string of the molecule is CCC(C)(CCO)NCC(C(=O)O)c1ccccc1. The average molecular weight is 265 g/mol. The summed E-state index contributed by atoms with van der Waals surface area (Å²) in [4.78, 5) is 11.4. The summed E-state index contributed by atoms with van der Waals surface area (Å²) in [5.74, 6) is -1.40. The van der Waals surface area contributed by atoms with Gasteiger partial charge in [0.05, 0.1) is 5.92 Å². The Bertz CT molecular complexity index is 394. The number of aliphatic hydroxyl groups excluding tert-OH is 1. The lowest BCUT2D eigenvalue weighted by Gasteiger charge is -2.30. The molecular formula is C15H23NO3. The highest BCUT2D eigenvalue weighted by atomic mass is 16.4. The van der Waals surface area contributed by atoms with Crippen LogP contribution in [0.4, 0.5) is 0 Å². The first kappa shape index (κ1) is 15.7. The Morgan fingerprint density at radius 1 is 1.37 bits per heavy atom. The number of nitrogens with one attached hydrogen (secondary N) is 1. The minimum absolute atomic E-state index is 0.0976. The molecule has 0 heterocycles. The number of carboxylic acids is 1. The van der Waals surface area contributed by atoms with Gasteiger partial charge in [-0.2, -0.15) is 0 Å². The van der Waals surface area contributed by atoms with Crippen LogP contribution in [0.1, 0.15) is 38.2 Å². The van der Waals surface area contributed by atoms with Gasteiger partial charge >= 0.3 is 5.97 Å². The Morgan fingerprint density at radius 2 is 2.00 bits per heavy atom. The van der Waals surface area contributed by atoms with Crippen LogP contribution < -0.4 is 5.32 Å². The number of aliphatic carboxylic acids is 1. The fourth-order valence-corrected chi connectivity index (χ4v) is 2.02. The van der Waals surface area contributed by atoms with Crippen LogP contribution in [0.3, 0.4) is 0 Å². The summed E-state index contributed by atoms with van der Waals surface area (Å²) < 4.78 is 0. The number of rotatable bonds is 8. The van der Waals surface area contributed by atoms with Gasteiger partial charge in [0, 0.05) is 18.7 Å². The van der Waals surface area contributed by atoms with E-state index in [0.29, 0.717) is 13.0 Å². The summed E-state index contributed by atoms with van der Waals surface area (Å²) in [6.07, 6.45) is 1.46. The molecule has 0 radical (unpaired) electrons. The molecule has 0 amide bonds. The second kappa shape index (κ2) is 7.26. The largest absolute Gasteiger partial charge is 0.481 e. The van der Waals surface area contributed by atoms with E-state index < -0.39 is 11.9 Å². The van der Waals surface area contributed by atoms with Crippen LogP contribution in [0.5, 0.6) is 0 Å². The van der Waals surface area contributed by atoms with Crippen LogP contribution in [0.25, 0.3) is 0 Å². The first-order chi connectivity index (χ1) is 9.02. The van der Waals surface area contributed by atoms with Crippen LogP contribution in [0.2, 0.25) is 0 Å². The predicted octanol–water partition coefficient (Wildman–Crippen LogP) is 2.00. The molecule has 1 aromatic rings. The summed E-state index contributed by atoms with van der Waals surface area (Å²) in [7, 11) is 0. The second-order valence-electron chi connectivity index (χ2n) is 5.07. The molecule has 0 aliphatic carbocycles. The summed E-state index contributed by atoms with van der Waals surface area (Å²) in [5, 5.41) is 21.7. The Kier molecular flexibility index (Phi) is 5.99. The van der Waals surface area contributed by atoms with Crippen molar-refractivity contribution in [2.24, 2.45) is 0 Å². The Balaban J connectivity index is 2.73. The van der Waals surface area contributed by atoms with Crippen LogP contribution in [-0.2, 0) is 4.79 Å². The molecule has 1 rings (SSSR count). The van der Waals surface area contributed by atoms with Crippen LogP contribution in [0.15, 0.2) is 30.3 Å². The van der Waals surface area contributed by atoms with E-state index in [-0.39, 0.29) is 12.1 Å². The van der Waals surface area contributed by atoms with E-state index in [4.69, 9.17) is 5.11 Å². The van der Waals surface area contributed by atoms with E-state index in [1.54, 1.807) is 0 Å². The van der Waals surface area contributed by atoms with Gasteiger partial charge in [-0.1, -0.05) is 37.3 Å². The fraction of sp³-hybridized carbons (Fsp3) is 0.533. The topological polar surface area (TPSA) is 69.6 Å². The molecule has 2 atom stereocenters. The highest BCUT2D eigenvalue weighted by molar-refractivity contribution is 5.76. The van der Waals surface area contributed by atoms with E-state index in [1.807, 2.05) is 44.2 Å². The van der Waals surface area contributed by atoms with Crippen molar-refractivity contribution < 1.29 is 15.0 Å². The van der Waals surface area contributed by atoms with Crippen molar-refractivity contribution >= 4 is 5.97 Å². The zero-order valence-corrected chi connectivity index (χ0v) is 11.6. The van der Waals surface area contributed by atoms with E-state index >= 15 is 0 Å². The van der Waals surface area contributed by atoms with E-state index in [1.165, 1.54) is 0 Å². The number of hydrogen-bond donors (Lipinski definition) is 3. The molecule has 4 heteroatoms. The second-order valence-corrected chi connectivity index (χ2v) is 5.07. The Labute approximate surface area is 114 Å². The number of benzene rings is 1. The lowest BCUT2D eigenvalue weighted by Crippen LogP contribution is -2.45. The van der Waals surface area contributed by atoms with Gasteiger partial charge < -0.3 is 15.5 Å². The van der Waals surface area contributed by atoms with Gasteiger partial charge in [0.2, 0.25) is 0 Å². The molecule has 2 unspecified atom stereocenters. The molecule has 1 aromatic carbocycles. The molecule has 19 heavy (non-hydrogen) atoms. The van der Waals surface area contributed by atoms with Gasteiger partial charge in [0.25, 0.3) is 0 Å². The number of hydrogen-bond acceptors (Lipinski definition) is 3. The van der Waals surface area contributed by atoms with Crippen molar-refractivity contribution in [3.63, 3.8) is 0 Å². The minimum atomic E-state index is -0.832. The number of aliphatic hydroxyl groups is 1. The Hall–Kier alpha value is -1.39. The molecule has 0 bridgehead atoms. The van der Waals surface area contributed by atoms with Gasteiger partial charge in [-0.3, -0.25) is 4.79 Å². The lowest BCUT2D eigenvalue weighted by atomic mass is 9.92. The summed E-state index contributed by atoms with van der Waals surface area (Å²) in [6.45, 7) is 4.50. The van der Waals surface area contributed by atoms with Crippen molar-refractivity contribution in [3.05, 3.63) is 35.9 Å². The molecule has 0 aliphatic rings. The first-order valence-corrected chi connectivity index (χ1v) is 6.66. The monoisotopic (exact) mass is 265 g/mol. The zero-order valence-electron chi connectivity index (χ0n) is 11.6. The molecule has 3 N–H and O–H groups in total. The zero-order chi connectivity index (χ0) is 14.3. The normalized spacial score (nSPS) is 15.7. The number of carbonyl (C=O) groups is 1. The van der Waals surface area contributed by atoms with Crippen molar-refractivity contribution in [2.45, 2.75) is 38.1 Å². The van der Waals surface area contributed by atoms with E-state index in [9.17, 15) is 9.90 Å². The quantitative estimate of drug-likeness (QED) is 0.672. The smallest absolute Gasteiger partial charge is 0.312 e. The van der Waals surface area contributed by atoms with Gasteiger partial charge in [0.15, 0.2) is 0 Å². The molecule has 0 saturated carbocycles. The molecule has 0 aromatic heterocycles. The third-order valence-corrected chi connectivity index (χ3v) is 3.68. The van der Waals surface area contributed by atoms with Crippen LogP contribution in [0, 0.1) is 0 Å². The van der Waals surface area contributed by atoms with Crippen LogP contribution in [-0.4, -0.2) is 34.9 Å². The lowest BCUT2D eigenvalue weighted by molar-refractivity contribution is -0.138. The predicted molar refractivity (Wildman–Crippen MR) is 75.2 cm³/mol. The first-order valence-electron chi connectivity index (χ1n) is 6.66. The summed E-state index contributed by atoms with van der Waals surface area (Å²) >= 11 is 0. The maximum atomic E-state index is 11.4. The third kappa shape index (κ3) is 4.65. The molecule has 4 nitrogen and oxygen atoms in total. The molecule has 0 spiro atoms. The minimum Gasteiger partial charge on any atom is -0.481 e. The standard InChI is InChI=1S/C15H23NO3/c1-3-15(2,9-10-17)16-11-13(14(18)19)12-7-5-4-6-8-12/h4-8,13,16-17H,3,9-11H2,1-2H3,(H,18,19). The highest BCUT2D eigenvalue weighted by Gasteiger charge is 2.25. The van der Waals surface area contributed by atoms with Crippen molar-refractivity contribution in [1.82, 2.24) is 5.32 Å². The molecule has 0 saturated heterocycles. The third-order valence-electron chi connectivity index (χ3n) is 3.68. The van der Waals surface area contributed by atoms with Crippen molar-refractivity contribution in [2.75, 3.05) is 13.2 Å². The van der Waals surface area contributed by atoms with Crippen LogP contribution >= 0.6 is 0 Å². The molecule has 0 aliphatic heterocycles. The summed E-state index contributed by atoms with van der Waals surface area (Å²) in [6, 6.07) is 9.22. The molecular weight excluding hydrogens is 242 g/mol. The van der Waals surface area contributed by atoms with E-state index in [2.05, 4.69) is 5.32 Å². The number of carboxylic acid groups (broad SMARTS) is 1. The summed E-state index contributed by atoms with van der Waals surface area (Å²) in [5.41, 5.74) is 0.571. The molecule has 0 fully saturated rings. The van der Waals surface area contributed by atoms with E-state index in [0.717, 1.165) is 12.0 Å². The van der Waals surface area contributed by atoms with Crippen molar-refractivity contribution in [1.29, 1.82) is 0 Å². The Morgan fingerprint density at radius 3 is 2.47 bits per heavy atom.